The van der Waals surface area contributed by atoms with E-state index in [1.807, 2.05) is 4.90 Å². The van der Waals surface area contributed by atoms with Crippen LogP contribution in [0.15, 0.2) is 0 Å². The topological polar surface area (TPSA) is 57.6 Å². The molecule has 23 heavy (non-hydrogen) atoms. The van der Waals surface area contributed by atoms with E-state index in [1.54, 1.807) is 0 Å². The summed E-state index contributed by atoms with van der Waals surface area (Å²) < 4.78 is 0. The van der Waals surface area contributed by atoms with Gasteiger partial charge in [0.25, 0.3) is 0 Å². The maximum absolute atomic E-state index is 12.9. The van der Waals surface area contributed by atoms with Gasteiger partial charge < -0.3 is 10.0 Å². The smallest absolute Gasteiger partial charge is 0.307 e. The van der Waals surface area contributed by atoms with Gasteiger partial charge in [-0.1, -0.05) is 39.0 Å². The Morgan fingerprint density at radius 3 is 2.39 bits per heavy atom. The average Bonchev–Trinajstić information content (AvgIpc) is 3.00. The van der Waals surface area contributed by atoms with Gasteiger partial charge in [-0.2, -0.15) is 0 Å². The van der Waals surface area contributed by atoms with Gasteiger partial charge in [0.2, 0.25) is 5.91 Å². The van der Waals surface area contributed by atoms with Crippen LogP contribution in [0.2, 0.25) is 0 Å². The summed E-state index contributed by atoms with van der Waals surface area (Å²) in [4.78, 5) is 26.1. The number of carbonyl (C=O) groups excluding carboxylic acids is 1. The van der Waals surface area contributed by atoms with E-state index in [4.69, 9.17) is 0 Å². The highest BCUT2D eigenvalue weighted by molar-refractivity contribution is 5.79. The summed E-state index contributed by atoms with van der Waals surface area (Å²) >= 11 is 0. The Balaban J connectivity index is 1.53. The predicted octanol–water partition coefficient (Wildman–Crippen LogP) is 3.70. The number of aliphatic carboxylic acids is 1. The van der Waals surface area contributed by atoms with Crippen molar-refractivity contribution in [3.63, 3.8) is 0 Å². The summed E-state index contributed by atoms with van der Waals surface area (Å²) in [5.74, 6) is 0.513. The summed E-state index contributed by atoms with van der Waals surface area (Å²) in [6.45, 7) is 3.71. The molecule has 130 valence electrons. The van der Waals surface area contributed by atoms with E-state index in [-0.39, 0.29) is 17.3 Å². The number of rotatable bonds is 6. The Labute approximate surface area is 139 Å². The number of nitrogens with zero attached hydrogens (tertiary/aromatic N) is 1. The Morgan fingerprint density at radius 1 is 1.22 bits per heavy atom. The van der Waals surface area contributed by atoms with Crippen LogP contribution in [0.25, 0.3) is 0 Å². The minimum atomic E-state index is -0.644. The van der Waals surface area contributed by atoms with E-state index in [0.29, 0.717) is 5.91 Å². The van der Waals surface area contributed by atoms with Gasteiger partial charge in [0, 0.05) is 19.0 Å². The molecule has 0 aromatic heterocycles. The minimum Gasteiger partial charge on any atom is -0.481 e. The van der Waals surface area contributed by atoms with Gasteiger partial charge in [0.15, 0.2) is 0 Å². The summed E-state index contributed by atoms with van der Waals surface area (Å²) in [5, 5.41) is 9.18. The number of amides is 1. The fourth-order valence-electron chi connectivity index (χ4n) is 5.02. The van der Waals surface area contributed by atoms with Crippen LogP contribution < -0.4 is 0 Å². The Hall–Kier alpha value is -1.06. The molecule has 0 aromatic carbocycles. The molecule has 1 aliphatic heterocycles. The van der Waals surface area contributed by atoms with Crippen molar-refractivity contribution in [2.45, 2.75) is 71.1 Å². The lowest BCUT2D eigenvalue weighted by Crippen LogP contribution is -2.43. The molecule has 1 saturated heterocycles. The lowest BCUT2D eigenvalue weighted by Gasteiger charge is -2.35. The maximum Gasteiger partial charge on any atom is 0.307 e. The van der Waals surface area contributed by atoms with Crippen LogP contribution >= 0.6 is 0 Å². The lowest BCUT2D eigenvalue weighted by molar-refractivity contribution is -0.140. The van der Waals surface area contributed by atoms with Crippen molar-refractivity contribution < 1.29 is 14.7 Å². The molecule has 0 bridgehead atoms. The van der Waals surface area contributed by atoms with Gasteiger partial charge in [-0.05, 0) is 43.4 Å². The Bertz CT molecular complexity index is 448. The van der Waals surface area contributed by atoms with Gasteiger partial charge >= 0.3 is 5.97 Å². The largest absolute Gasteiger partial charge is 0.481 e. The molecule has 2 unspecified atom stereocenters. The SMILES string of the molecule is CCCC(CC1CCCC1)C(=O)N1CCC2(CC1)CC2C(=O)O. The van der Waals surface area contributed by atoms with E-state index in [1.165, 1.54) is 25.7 Å². The van der Waals surface area contributed by atoms with Gasteiger partial charge in [-0.25, -0.2) is 0 Å². The molecule has 2 aliphatic carbocycles. The normalized spacial score (nSPS) is 28.0. The molecule has 4 heteroatoms. The van der Waals surface area contributed by atoms with Crippen LogP contribution in [0.4, 0.5) is 0 Å². The van der Waals surface area contributed by atoms with Crippen LogP contribution in [0, 0.1) is 23.2 Å². The third kappa shape index (κ3) is 3.56. The molecule has 3 rings (SSSR count). The van der Waals surface area contributed by atoms with E-state index in [9.17, 15) is 14.7 Å². The molecule has 4 nitrogen and oxygen atoms in total. The van der Waals surface area contributed by atoms with Gasteiger partial charge in [-0.15, -0.1) is 0 Å². The first kappa shape index (κ1) is 16.8. The van der Waals surface area contributed by atoms with Crippen molar-refractivity contribution in [2.75, 3.05) is 13.1 Å². The standard InChI is InChI=1S/C19H31NO3/c1-2-5-15(12-14-6-3-4-7-14)17(21)20-10-8-19(9-11-20)13-16(19)18(22)23/h14-16H,2-13H2,1H3,(H,22,23). The molecule has 1 amide bonds. The van der Waals surface area contributed by atoms with Crippen molar-refractivity contribution in [1.82, 2.24) is 4.90 Å². The number of hydrogen-bond acceptors (Lipinski definition) is 2. The van der Waals surface area contributed by atoms with Crippen LogP contribution in [0.3, 0.4) is 0 Å². The quantitative estimate of drug-likeness (QED) is 0.811. The molecule has 2 atom stereocenters. The first-order chi connectivity index (χ1) is 11.1. The van der Waals surface area contributed by atoms with Crippen molar-refractivity contribution >= 4 is 11.9 Å². The minimum absolute atomic E-state index is 0.0221. The van der Waals surface area contributed by atoms with Crippen LogP contribution in [-0.4, -0.2) is 35.0 Å². The maximum atomic E-state index is 12.9. The predicted molar refractivity (Wildman–Crippen MR) is 89.0 cm³/mol. The number of carboxylic acids is 1. The first-order valence-electron chi connectivity index (χ1n) is 9.57. The number of hydrogen-bond donors (Lipinski definition) is 1. The van der Waals surface area contributed by atoms with Crippen LogP contribution in [0.5, 0.6) is 0 Å². The van der Waals surface area contributed by atoms with Crippen molar-refractivity contribution in [1.29, 1.82) is 0 Å². The lowest BCUT2D eigenvalue weighted by atomic mass is 9.86. The Kier molecular flexibility index (Phi) is 4.98. The fraction of sp³-hybridized carbons (Fsp3) is 0.895. The highest BCUT2D eigenvalue weighted by Crippen LogP contribution is 2.59. The van der Waals surface area contributed by atoms with Crippen LogP contribution in [-0.2, 0) is 9.59 Å². The average molecular weight is 321 g/mol. The first-order valence-corrected chi connectivity index (χ1v) is 9.57. The van der Waals surface area contributed by atoms with Crippen molar-refractivity contribution in [3.05, 3.63) is 0 Å². The number of piperidine rings is 1. The third-order valence-corrected chi connectivity index (χ3v) is 6.64. The van der Waals surface area contributed by atoms with E-state index in [2.05, 4.69) is 6.92 Å². The molecular formula is C19H31NO3. The molecule has 1 spiro atoms. The zero-order valence-electron chi connectivity index (χ0n) is 14.4. The third-order valence-electron chi connectivity index (χ3n) is 6.64. The molecule has 2 saturated carbocycles. The monoisotopic (exact) mass is 321 g/mol. The molecule has 3 fully saturated rings. The molecule has 1 N–H and O–H groups in total. The van der Waals surface area contributed by atoms with E-state index in [0.717, 1.165) is 57.5 Å². The number of carbonyl (C=O) groups is 2. The number of likely N-dealkylation sites (tertiary alicyclic amines) is 1. The Morgan fingerprint density at radius 2 is 1.87 bits per heavy atom. The van der Waals surface area contributed by atoms with Crippen LogP contribution in [0.1, 0.15) is 71.1 Å². The summed E-state index contributed by atoms with van der Waals surface area (Å²) in [6.07, 6.45) is 11.0. The second kappa shape index (κ2) is 6.82. The van der Waals surface area contributed by atoms with Crippen molar-refractivity contribution in [2.24, 2.45) is 23.2 Å². The summed E-state index contributed by atoms with van der Waals surface area (Å²) in [6, 6.07) is 0. The molecule has 1 heterocycles. The molecular weight excluding hydrogens is 290 g/mol. The second-order valence-corrected chi connectivity index (χ2v) is 8.15. The molecule has 0 radical (unpaired) electrons. The van der Waals surface area contributed by atoms with E-state index >= 15 is 0 Å². The van der Waals surface area contributed by atoms with Gasteiger partial charge in [0.1, 0.15) is 0 Å². The van der Waals surface area contributed by atoms with E-state index < -0.39 is 5.97 Å². The summed E-state index contributed by atoms with van der Waals surface area (Å²) in [7, 11) is 0. The second-order valence-electron chi connectivity index (χ2n) is 8.15. The molecule has 3 aliphatic rings. The highest BCUT2D eigenvalue weighted by Gasteiger charge is 2.59. The number of carboxylic acid groups (broad SMARTS) is 1. The zero-order valence-corrected chi connectivity index (χ0v) is 14.4. The van der Waals surface area contributed by atoms with Gasteiger partial charge in [-0.3, -0.25) is 9.59 Å². The highest BCUT2D eigenvalue weighted by atomic mass is 16.4. The van der Waals surface area contributed by atoms with Crippen molar-refractivity contribution in [3.8, 4) is 0 Å². The van der Waals surface area contributed by atoms with Gasteiger partial charge in [0.05, 0.1) is 5.92 Å². The fourth-order valence-corrected chi connectivity index (χ4v) is 5.02. The summed E-state index contributed by atoms with van der Waals surface area (Å²) in [5.41, 5.74) is 0.0221. The molecule has 0 aromatic rings. The zero-order chi connectivity index (χ0) is 16.4.